The summed E-state index contributed by atoms with van der Waals surface area (Å²) < 4.78 is 17.4. The Hall–Kier alpha value is -1.68. The molecule has 1 saturated heterocycles. The number of ether oxygens (including phenoxy) is 3. The van der Waals surface area contributed by atoms with Crippen molar-refractivity contribution < 1.29 is 34.3 Å². The molecule has 0 aromatic heterocycles. The lowest BCUT2D eigenvalue weighted by atomic mass is 9.43. The van der Waals surface area contributed by atoms with Gasteiger partial charge in [0.25, 0.3) is 0 Å². The maximum atomic E-state index is 12.4. The fourth-order valence-electron chi connectivity index (χ4n) is 10.0. The van der Waals surface area contributed by atoms with Gasteiger partial charge in [0.15, 0.2) is 6.29 Å². The summed E-state index contributed by atoms with van der Waals surface area (Å²) in [7, 11) is 0. The number of fused-ring (bicyclic) bond motifs is 5. The van der Waals surface area contributed by atoms with Crippen molar-refractivity contribution in [3.8, 4) is 0 Å². The molecule has 0 radical (unpaired) electrons. The summed E-state index contributed by atoms with van der Waals surface area (Å²) in [5.74, 6) is 1.08. The highest BCUT2D eigenvalue weighted by Gasteiger charge is 2.67. The molecule has 6 aliphatic rings. The molecule has 0 aromatic carbocycles. The molecule has 39 heavy (non-hydrogen) atoms. The number of esters is 1. The highest BCUT2D eigenvalue weighted by molar-refractivity contribution is 5.85. The Kier molecular flexibility index (Phi) is 6.84. The number of carbonyl (C=O) groups is 1. The Labute approximate surface area is 229 Å². The molecule has 0 bridgehead atoms. The SMILES string of the molecule is CC1O[C@@H](O[C@H]2CCC3(C)C4CCC5(C)[C@@H](C6=CC(=O)OC6)CC[C@]5(O)[C@@H]4CC[C@@H]3C2)[C@@H](O)C(O)[C@H]1N=[N+]=[N-]. The van der Waals surface area contributed by atoms with E-state index < -0.39 is 36.2 Å². The van der Waals surface area contributed by atoms with Crippen LogP contribution < -0.4 is 0 Å². The van der Waals surface area contributed by atoms with E-state index in [4.69, 9.17) is 19.7 Å². The Morgan fingerprint density at radius 1 is 1.08 bits per heavy atom. The molecule has 2 aliphatic heterocycles. The van der Waals surface area contributed by atoms with Crippen LogP contribution in [0.1, 0.15) is 78.6 Å². The van der Waals surface area contributed by atoms with Crippen molar-refractivity contribution in [2.24, 2.45) is 39.6 Å². The van der Waals surface area contributed by atoms with E-state index in [-0.39, 0.29) is 34.7 Å². The molecule has 4 aliphatic carbocycles. The minimum absolute atomic E-state index is 0.0886. The maximum Gasteiger partial charge on any atom is 0.331 e. The third kappa shape index (κ3) is 4.09. The Morgan fingerprint density at radius 2 is 1.87 bits per heavy atom. The summed E-state index contributed by atoms with van der Waals surface area (Å²) in [6.45, 7) is 6.75. The zero-order valence-electron chi connectivity index (χ0n) is 23.2. The molecule has 2 heterocycles. The minimum atomic E-state index is -1.28. The molecule has 6 rings (SSSR count). The van der Waals surface area contributed by atoms with Crippen LogP contribution in [0.3, 0.4) is 0 Å². The van der Waals surface area contributed by atoms with Crippen molar-refractivity contribution in [2.75, 3.05) is 6.61 Å². The summed E-state index contributed by atoms with van der Waals surface area (Å²) in [5, 5.41) is 37.1. The van der Waals surface area contributed by atoms with E-state index in [2.05, 4.69) is 23.9 Å². The van der Waals surface area contributed by atoms with Gasteiger partial charge in [0.2, 0.25) is 0 Å². The molecule has 0 amide bonds. The first-order chi connectivity index (χ1) is 18.5. The van der Waals surface area contributed by atoms with Gasteiger partial charge in [-0.3, -0.25) is 0 Å². The lowest BCUT2D eigenvalue weighted by molar-refractivity contribution is -0.291. The van der Waals surface area contributed by atoms with Crippen molar-refractivity contribution in [3.05, 3.63) is 22.1 Å². The number of aliphatic hydroxyl groups excluding tert-OH is 2. The van der Waals surface area contributed by atoms with Crippen molar-refractivity contribution in [1.82, 2.24) is 0 Å². The van der Waals surface area contributed by atoms with Crippen LogP contribution in [-0.2, 0) is 19.0 Å². The van der Waals surface area contributed by atoms with E-state index in [9.17, 15) is 20.1 Å². The standard InChI is InChI=1S/C29H43N3O7/c1-15-23(31-32-30)24(34)25(35)26(38-15)39-18-6-9-27(2)17(13-18)4-5-21-20(27)7-10-28(3)19(8-11-29(21,28)36)16-12-22(33)37-14-16/h12,15,17-21,23-26,34-36H,4-11,13-14H2,1-3H3/t15?,17-,18+,19-,20?,21-,23+,24?,25+,26+,27?,28?,29+/m1/s1. The molecule has 10 nitrogen and oxygen atoms in total. The second-order valence-corrected chi connectivity index (χ2v) is 13.7. The molecule has 0 spiro atoms. The number of nitrogens with zero attached hydrogens (tertiary/aromatic N) is 3. The molecule has 10 heteroatoms. The van der Waals surface area contributed by atoms with Crippen molar-refractivity contribution >= 4 is 5.97 Å². The quantitative estimate of drug-likeness (QED) is 0.160. The molecular weight excluding hydrogens is 502 g/mol. The summed E-state index contributed by atoms with van der Waals surface area (Å²) in [6, 6.07) is -0.856. The highest BCUT2D eigenvalue weighted by atomic mass is 16.7. The second-order valence-electron chi connectivity index (χ2n) is 13.7. The fourth-order valence-corrected chi connectivity index (χ4v) is 10.0. The van der Waals surface area contributed by atoms with Gasteiger partial charge in [-0.25, -0.2) is 4.79 Å². The van der Waals surface area contributed by atoms with Gasteiger partial charge in [0.1, 0.15) is 12.7 Å². The average Bonchev–Trinajstić information content (AvgIpc) is 3.45. The minimum Gasteiger partial charge on any atom is -0.458 e. The van der Waals surface area contributed by atoms with Crippen LogP contribution in [0, 0.1) is 34.5 Å². The number of hydrogen-bond donors (Lipinski definition) is 3. The van der Waals surface area contributed by atoms with E-state index in [1.54, 1.807) is 13.0 Å². The van der Waals surface area contributed by atoms with Crippen LogP contribution in [0.25, 0.3) is 10.4 Å². The maximum absolute atomic E-state index is 12.4. The Bertz CT molecular complexity index is 1080. The lowest BCUT2D eigenvalue weighted by Gasteiger charge is -2.64. The van der Waals surface area contributed by atoms with Crippen LogP contribution in [0.2, 0.25) is 0 Å². The second kappa shape index (κ2) is 9.71. The number of carbonyl (C=O) groups excluding carboxylic acids is 1. The number of azide groups is 1. The Balaban J connectivity index is 1.14. The first kappa shape index (κ1) is 27.5. The average molecular weight is 546 g/mol. The van der Waals surface area contributed by atoms with Crippen LogP contribution in [-0.4, -0.2) is 70.2 Å². The number of hydrogen-bond acceptors (Lipinski definition) is 8. The topological polar surface area (TPSA) is 154 Å². The van der Waals surface area contributed by atoms with E-state index in [0.717, 1.165) is 63.4 Å². The monoisotopic (exact) mass is 545 g/mol. The number of aliphatic hydroxyl groups is 3. The molecule has 13 atom stereocenters. The van der Waals surface area contributed by atoms with E-state index >= 15 is 0 Å². The molecule has 216 valence electrons. The van der Waals surface area contributed by atoms with E-state index in [1.165, 1.54) is 0 Å². The van der Waals surface area contributed by atoms with Gasteiger partial charge < -0.3 is 29.5 Å². The van der Waals surface area contributed by atoms with Crippen molar-refractivity contribution in [1.29, 1.82) is 0 Å². The summed E-state index contributed by atoms with van der Waals surface area (Å²) in [5.41, 5.74) is 8.98. The van der Waals surface area contributed by atoms with E-state index in [0.29, 0.717) is 18.4 Å². The first-order valence-electron chi connectivity index (χ1n) is 14.8. The first-order valence-corrected chi connectivity index (χ1v) is 14.8. The van der Waals surface area contributed by atoms with Crippen LogP contribution in [0.5, 0.6) is 0 Å². The van der Waals surface area contributed by atoms with Crippen molar-refractivity contribution in [2.45, 2.75) is 121 Å². The highest BCUT2D eigenvalue weighted by Crippen LogP contribution is 2.70. The van der Waals surface area contributed by atoms with Gasteiger partial charge in [-0.2, -0.15) is 0 Å². The van der Waals surface area contributed by atoms with Crippen LogP contribution in [0.15, 0.2) is 16.8 Å². The summed E-state index contributed by atoms with van der Waals surface area (Å²) in [6.07, 6.45) is 5.93. The van der Waals surface area contributed by atoms with Gasteiger partial charge in [0, 0.05) is 16.4 Å². The molecule has 0 aromatic rings. The molecular formula is C29H43N3O7. The predicted octanol–water partition coefficient (Wildman–Crippen LogP) is 3.77. The van der Waals surface area contributed by atoms with Crippen LogP contribution >= 0.6 is 0 Å². The zero-order valence-corrected chi connectivity index (χ0v) is 23.2. The van der Waals surface area contributed by atoms with Gasteiger partial charge in [-0.15, -0.1) is 0 Å². The smallest absolute Gasteiger partial charge is 0.331 e. The predicted molar refractivity (Wildman–Crippen MR) is 140 cm³/mol. The summed E-state index contributed by atoms with van der Waals surface area (Å²) in [4.78, 5) is 14.6. The lowest BCUT2D eigenvalue weighted by Crippen LogP contribution is -2.62. The van der Waals surface area contributed by atoms with Gasteiger partial charge in [-0.05, 0) is 105 Å². The molecule has 4 saturated carbocycles. The zero-order chi connectivity index (χ0) is 27.7. The van der Waals surface area contributed by atoms with Gasteiger partial charge in [0.05, 0.1) is 30.0 Å². The summed E-state index contributed by atoms with van der Waals surface area (Å²) >= 11 is 0. The number of rotatable bonds is 4. The third-order valence-corrected chi connectivity index (χ3v) is 12.3. The van der Waals surface area contributed by atoms with Gasteiger partial charge >= 0.3 is 5.97 Å². The fraction of sp³-hybridized carbons (Fsp3) is 0.897. The molecule has 3 N–H and O–H groups in total. The largest absolute Gasteiger partial charge is 0.458 e. The Morgan fingerprint density at radius 3 is 2.59 bits per heavy atom. The van der Waals surface area contributed by atoms with Crippen molar-refractivity contribution in [3.63, 3.8) is 0 Å². The normalized spacial score (nSPS) is 53.1. The van der Waals surface area contributed by atoms with Crippen LogP contribution in [0.4, 0.5) is 0 Å². The third-order valence-electron chi connectivity index (χ3n) is 12.3. The molecule has 5 unspecified atom stereocenters. The van der Waals surface area contributed by atoms with E-state index in [1.807, 2.05) is 0 Å². The molecule has 5 fully saturated rings. The number of cyclic esters (lactones) is 1. The van der Waals surface area contributed by atoms with Gasteiger partial charge in [-0.1, -0.05) is 19.0 Å².